The molecule has 1 aromatic heterocycles. The van der Waals surface area contributed by atoms with Gasteiger partial charge in [0.1, 0.15) is 16.4 Å². The highest BCUT2D eigenvalue weighted by molar-refractivity contribution is 14.1. The van der Waals surface area contributed by atoms with E-state index in [-0.39, 0.29) is 6.10 Å². The predicted molar refractivity (Wildman–Crippen MR) is 80.2 cm³/mol. The number of rotatable bonds is 2. The van der Waals surface area contributed by atoms with Gasteiger partial charge in [-0.05, 0) is 36.4 Å². The summed E-state index contributed by atoms with van der Waals surface area (Å²) in [5.74, 6) is 0.566. The fourth-order valence-electron chi connectivity index (χ4n) is 1.85. The lowest BCUT2D eigenvalue weighted by molar-refractivity contribution is -0.0442. The standard InChI is InChI=1S/C11H14Cl2IN3O/c1-6(2)17-3-4-18-7(5-17)11-15-9(12)8(14)10(13)16-11/h6-7H,3-5H2,1-2H3. The van der Waals surface area contributed by atoms with Crippen LogP contribution in [0.4, 0.5) is 0 Å². The van der Waals surface area contributed by atoms with Crippen LogP contribution in [-0.2, 0) is 4.74 Å². The molecule has 1 atom stereocenters. The molecule has 4 nitrogen and oxygen atoms in total. The van der Waals surface area contributed by atoms with Crippen LogP contribution in [0.15, 0.2) is 0 Å². The van der Waals surface area contributed by atoms with Crippen molar-refractivity contribution in [3.05, 3.63) is 19.7 Å². The quantitative estimate of drug-likeness (QED) is 0.563. The van der Waals surface area contributed by atoms with E-state index in [1.807, 2.05) is 22.6 Å². The number of aromatic nitrogens is 2. The third kappa shape index (κ3) is 3.25. The number of morpholine rings is 1. The fraction of sp³-hybridized carbons (Fsp3) is 0.636. The average molecular weight is 402 g/mol. The van der Waals surface area contributed by atoms with Crippen molar-refractivity contribution in [1.29, 1.82) is 0 Å². The fourth-order valence-corrected chi connectivity index (χ4v) is 2.49. The SMILES string of the molecule is CC(C)N1CCOC(c2nc(Cl)c(I)c(Cl)n2)C1. The molecule has 0 amide bonds. The lowest BCUT2D eigenvalue weighted by Crippen LogP contribution is -2.42. The minimum atomic E-state index is -0.159. The summed E-state index contributed by atoms with van der Waals surface area (Å²) >= 11 is 14.1. The van der Waals surface area contributed by atoms with Crippen LogP contribution < -0.4 is 0 Å². The number of nitrogens with zero attached hydrogens (tertiary/aromatic N) is 3. The molecular weight excluding hydrogens is 388 g/mol. The highest BCUT2D eigenvalue weighted by Crippen LogP contribution is 2.27. The van der Waals surface area contributed by atoms with Crippen molar-refractivity contribution < 1.29 is 4.74 Å². The zero-order valence-corrected chi connectivity index (χ0v) is 13.8. The Balaban J connectivity index is 2.21. The van der Waals surface area contributed by atoms with E-state index < -0.39 is 0 Å². The molecule has 7 heteroatoms. The highest BCUT2D eigenvalue weighted by Gasteiger charge is 2.26. The van der Waals surface area contributed by atoms with Crippen molar-refractivity contribution in [3.63, 3.8) is 0 Å². The maximum Gasteiger partial charge on any atom is 0.161 e. The molecule has 1 saturated heterocycles. The maximum absolute atomic E-state index is 6.03. The van der Waals surface area contributed by atoms with Gasteiger partial charge in [-0.3, -0.25) is 4.90 Å². The van der Waals surface area contributed by atoms with E-state index in [1.54, 1.807) is 0 Å². The summed E-state index contributed by atoms with van der Waals surface area (Å²) in [7, 11) is 0. The molecule has 1 aliphatic heterocycles. The lowest BCUT2D eigenvalue weighted by atomic mass is 10.2. The molecule has 1 aliphatic rings. The Labute approximate surface area is 130 Å². The largest absolute Gasteiger partial charge is 0.368 e. The maximum atomic E-state index is 6.03. The summed E-state index contributed by atoms with van der Waals surface area (Å²) in [6.07, 6.45) is -0.159. The van der Waals surface area contributed by atoms with E-state index in [0.717, 1.165) is 13.1 Å². The summed E-state index contributed by atoms with van der Waals surface area (Å²) in [6.45, 7) is 6.70. The van der Waals surface area contributed by atoms with Crippen molar-refractivity contribution in [1.82, 2.24) is 14.9 Å². The Hall–Kier alpha value is 0.310. The summed E-state index contributed by atoms with van der Waals surface area (Å²) in [6, 6.07) is 0.478. The molecule has 1 aromatic rings. The van der Waals surface area contributed by atoms with Gasteiger partial charge in [0.15, 0.2) is 5.82 Å². The van der Waals surface area contributed by atoms with Crippen molar-refractivity contribution in [2.75, 3.05) is 19.7 Å². The first kappa shape index (κ1) is 14.7. The van der Waals surface area contributed by atoms with Crippen LogP contribution in [0.3, 0.4) is 0 Å². The molecule has 100 valence electrons. The normalized spacial score (nSPS) is 21.6. The molecule has 2 heterocycles. The van der Waals surface area contributed by atoms with Crippen LogP contribution in [-0.4, -0.2) is 40.6 Å². The first-order valence-corrected chi connectivity index (χ1v) is 7.56. The Bertz CT molecular complexity index is 421. The summed E-state index contributed by atoms with van der Waals surface area (Å²) in [4.78, 5) is 10.9. The van der Waals surface area contributed by atoms with Crippen LogP contribution in [0, 0.1) is 3.57 Å². The topological polar surface area (TPSA) is 38.2 Å². The van der Waals surface area contributed by atoms with Crippen LogP contribution >= 0.6 is 45.8 Å². The molecule has 0 aromatic carbocycles. The molecule has 0 saturated carbocycles. The van der Waals surface area contributed by atoms with Crippen LogP contribution in [0.5, 0.6) is 0 Å². The van der Waals surface area contributed by atoms with Gasteiger partial charge in [-0.25, -0.2) is 9.97 Å². The van der Waals surface area contributed by atoms with Gasteiger partial charge in [-0.1, -0.05) is 23.2 Å². The second-order valence-corrected chi connectivity index (χ2v) is 6.22. The minimum absolute atomic E-state index is 0.159. The second-order valence-electron chi connectivity index (χ2n) is 4.43. The molecule has 0 N–H and O–H groups in total. The van der Waals surface area contributed by atoms with E-state index >= 15 is 0 Å². The molecular formula is C11H14Cl2IN3O. The molecule has 0 bridgehead atoms. The zero-order valence-electron chi connectivity index (χ0n) is 10.2. The van der Waals surface area contributed by atoms with Crippen LogP contribution in [0.25, 0.3) is 0 Å². The van der Waals surface area contributed by atoms with Crippen LogP contribution in [0.2, 0.25) is 10.3 Å². The first-order valence-electron chi connectivity index (χ1n) is 5.73. The molecule has 1 fully saturated rings. The Kier molecular flexibility index (Phi) is 5.05. The van der Waals surface area contributed by atoms with Crippen molar-refractivity contribution in [2.24, 2.45) is 0 Å². The van der Waals surface area contributed by atoms with Crippen LogP contribution in [0.1, 0.15) is 25.8 Å². The number of ether oxygens (including phenoxy) is 1. The summed E-state index contributed by atoms with van der Waals surface area (Å²) < 4.78 is 6.38. The van der Waals surface area contributed by atoms with Gasteiger partial charge in [-0.15, -0.1) is 0 Å². The smallest absolute Gasteiger partial charge is 0.161 e. The molecule has 0 radical (unpaired) electrons. The van der Waals surface area contributed by atoms with Gasteiger partial charge in [0, 0.05) is 19.1 Å². The predicted octanol–water partition coefficient (Wildman–Crippen LogP) is 3.17. The van der Waals surface area contributed by atoms with Crippen molar-refractivity contribution in [3.8, 4) is 0 Å². The molecule has 0 spiro atoms. The Morgan fingerprint density at radius 3 is 2.50 bits per heavy atom. The van der Waals surface area contributed by atoms with Gasteiger partial charge < -0.3 is 4.74 Å². The van der Waals surface area contributed by atoms with E-state index in [2.05, 4.69) is 28.7 Å². The monoisotopic (exact) mass is 401 g/mol. The zero-order chi connectivity index (χ0) is 13.3. The highest BCUT2D eigenvalue weighted by atomic mass is 127. The van der Waals surface area contributed by atoms with E-state index in [0.29, 0.717) is 32.3 Å². The average Bonchev–Trinajstić information content (AvgIpc) is 2.35. The molecule has 2 rings (SSSR count). The Morgan fingerprint density at radius 1 is 1.33 bits per heavy atom. The van der Waals surface area contributed by atoms with Gasteiger partial charge in [0.25, 0.3) is 0 Å². The molecule has 1 unspecified atom stereocenters. The number of halogens is 3. The first-order chi connectivity index (χ1) is 8.49. The summed E-state index contributed by atoms with van der Waals surface area (Å²) in [5, 5.41) is 0.770. The van der Waals surface area contributed by atoms with Crippen molar-refractivity contribution in [2.45, 2.75) is 26.0 Å². The number of hydrogen-bond donors (Lipinski definition) is 0. The Morgan fingerprint density at radius 2 is 1.94 bits per heavy atom. The molecule has 18 heavy (non-hydrogen) atoms. The van der Waals surface area contributed by atoms with E-state index in [9.17, 15) is 0 Å². The molecule has 0 aliphatic carbocycles. The van der Waals surface area contributed by atoms with Crippen molar-refractivity contribution >= 4 is 45.8 Å². The van der Waals surface area contributed by atoms with Gasteiger partial charge in [-0.2, -0.15) is 0 Å². The van der Waals surface area contributed by atoms with E-state index in [1.165, 1.54) is 0 Å². The number of hydrogen-bond acceptors (Lipinski definition) is 4. The van der Waals surface area contributed by atoms with Gasteiger partial charge in [0.05, 0.1) is 10.2 Å². The third-order valence-electron chi connectivity index (χ3n) is 2.90. The summed E-state index contributed by atoms with van der Waals surface area (Å²) in [5.41, 5.74) is 0. The van der Waals surface area contributed by atoms with Gasteiger partial charge in [0.2, 0.25) is 0 Å². The minimum Gasteiger partial charge on any atom is -0.368 e. The third-order valence-corrected chi connectivity index (χ3v) is 5.11. The lowest BCUT2D eigenvalue weighted by Gasteiger charge is -2.34. The van der Waals surface area contributed by atoms with E-state index in [4.69, 9.17) is 27.9 Å². The van der Waals surface area contributed by atoms with Gasteiger partial charge >= 0.3 is 0 Å². The second kappa shape index (κ2) is 6.17.